The minimum absolute atomic E-state index is 0.0196. The van der Waals surface area contributed by atoms with Gasteiger partial charge in [-0.1, -0.05) is 0 Å². The number of nitrogens with one attached hydrogen (secondary N) is 1. The third kappa shape index (κ3) is 4.27. The largest absolute Gasteiger partial charge is 0.345 e. The molecule has 0 bridgehead atoms. The SMILES string of the molecule is CN(C)C(=O)c1ccc(NC(=O)CN2CCC[C@H]2c2ccsc2)cc1. The van der Waals surface area contributed by atoms with Crippen LogP contribution in [0.25, 0.3) is 0 Å². The standard InChI is InChI=1S/C19H23N3O2S/c1-21(2)19(24)14-5-7-16(8-6-14)20-18(23)12-22-10-3-4-17(22)15-9-11-25-13-15/h5-9,11,13,17H,3-4,10,12H2,1-2H3,(H,20,23)/t17-/m0/s1. The first-order chi connectivity index (χ1) is 12.0. The van der Waals surface area contributed by atoms with Gasteiger partial charge in [-0.15, -0.1) is 0 Å². The number of thiophene rings is 1. The lowest BCUT2D eigenvalue weighted by Crippen LogP contribution is -2.32. The fraction of sp³-hybridized carbons (Fsp3) is 0.368. The summed E-state index contributed by atoms with van der Waals surface area (Å²) in [7, 11) is 3.44. The topological polar surface area (TPSA) is 52.7 Å². The zero-order valence-electron chi connectivity index (χ0n) is 14.6. The van der Waals surface area contributed by atoms with E-state index >= 15 is 0 Å². The average molecular weight is 357 g/mol. The first-order valence-electron chi connectivity index (χ1n) is 8.42. The lowest BCUT2D eigenvalue weighted by molar-refractivity contribution is -0.117. The van der Waals surface area contributed by atoms with E-state index in [9.17, 15) is 9.59 Å². The molecule has 0 spiro atoms. The number of rotatable bonds is 5. The summed E-state index contributed by atoms with van der Waals surface area (Å²) in [6.07, 6.45) is 2.22. The third-order valence-electron chi connectivity index (χ3n) is 4.46. The second-order valence-electron chi connectivity index (χ2n) is 6.51. The van der Waals surface area contributed by atoms with Gasteiger partial charge in [0.1, 0.15) is 0 Å². The van der Waals surface area contributed by atoms with Crippen LogP contribution in [0.1, 0.15) is 34.8 Å². The van der Waals surface area contributed by atoms with Crippen molar-refractivity contribution in [2.24, 2.45) is 0 Å². The van der Waals surface area contributed by atoms with Crippen LogP contribution in [0.4, 0.5) is 5.69 Å². The van der Waals surface area contributed by atoms with Gasteiger partial charge in [0.05, 0.1) is 6.54 Å². The molecule has 2 amide bonds. The zero-order valence-corrected chi connectivity index (χ0v) is 15.4. The highest BCUT2D eigenvalue weighted by Crippen LogP contribution is 2.32. The van der Waals surface area contributed by atoms with Crippen LogP contribution in [0.5, 0.6) is 0 Å². The fourth-order valence-corrected chi connectivity index (χ4v) is 3.90. The summed E-state index contributed by atoms with van der Waals surface area (Å²) in [5.41, 5.74) is 2.63. The molecule has 0 radical (unpaired) electrons. The molecule has 2 heterocycles. The van der Waals surface area contributed by atoms with Gasteiger partial charge in [0, 0.05) is 31.4 Å². The number of likely N-dealkylation sites (tertiary alicyclic amines) is 1. The summed E-state index contributed by atoms with van der Waals surface area (Å²) in [4.78, 5) is 28.0. The summed E-state index contributed by atoms with van der Waals surface area (Å²) in [6, 6.07) is 9.51. The highest BCUT2D eigenvalue weighted by Gasteiger charge is 2.27. The first-order valence-corrected chi connectivity index (χ1v) is 9.36. The molecule has 2 aromatic rings. The van der Waals surface area contributed by atoms with Gasteiger partial charge in [-0.25, -0.2) is 0 Å². The smallest absolute Gasteiger partial charge is 0.253 e. The lowest BCUT2D eigenvalue weighted by atomic mass is 10.1. The Bertz CT molecular complexity index is 726. The van der Waals surface area contributed by atoms with Gasteiger partial charge >= 0.3 is 0 Å². The van der Waals surface area contributed by atoms with Crippen LogP contribution in [0, 0.1) is 0 Å². The Kier molecular flexibility index (Phi) is 5.50. The molecule has 1 aliphatic heterocycles. The summed E-state index contributed by atoms with van der Waals surface area (Å²) in [6.45, 7) is 1.34. The van der Waals surface area contributed by atoms with Gasteiger partial charge < -0.3 is 10.2 Å². The molecule has 5 nitrogen and oxygen atoms in total. The predicted octanol–water partition coefficient (Wildman–Crippen LogP) is 3.23. The molecule has 1 saturated heterocycles. The maximum Gasteiger partial charge on any atom is 0.253 e. The molecule has 132 valence electrons. The summed E-state index contributed by atoms with van der Waals surface area (Å²) in [5.74, 6) is -0.0673. The molecule has 1 N–H and O–H groups in total. The minimum Gasteiger partial charge on any atom is -0.345 e. The van der Waals surface area contributed by atoms with E-state index in [4.69, 9.17) is 0 Å². The molecule has 1 fully saturated rings. The number of amides is 2. The van der Waals surface area contributed by atoms with E-state index in [0.717, 1.165) is 19.4 Å². The van der Waals surface area contributed by atoms with Crippen molar-refractivity contribution < 1.29 is 9.59 Å². The normalized spacial score (nSPS) is 17.4. The third-order valence-corrected chi connectivity index (χ3v) is 5.16. The Morgan fingerprint density at radius 2 is 2.00 bits per heavy atom. The molecular weight excluding hydrogens is 334 g/mol. The maximum atomic E-state index is 12.4. The number of anilines is 1. The van der Waals surface area contributed by atoms with E-state index in [1.54, 1.807) is 49.7 Å². The van der Waals surface area contributed by atoms with Gasteiger partial charge in [-0.3, -0.25) is 14.5 Å². The van der Waals surface area contributed by atoms with Crippen molar-refractivity contribution in [1.82, 2.24) is 9.80 Å². The summed E-state index contributed by atoms with van der Waals surface area (Å²) < 4.78 is 0. The molecule has 1 atom stereocenters. The van der Waals surface area contributed by atoms with Crippen LogP contribution in [0.15, 0.2) is 41.1 Å². The van der Waals surface area contributed by atoms with Crippen molar-refractivity contribution in [3.63, 3.8) is 0 Å². The molecule has 6 heteroatoms. The van der Waals surface area contributed by atoms with Gasteiger partial charge in [0.15, 0.2) is 0 Å². The number of benzene rings is 1. The number of carbonyl (C=O) groups is 2. The Balaban J connectivity index is 1.58. The molecule has 0 saturated carbocycles. The monoisotopic (exact) mass is 357 g/mol. The highest BCUT2D eigenvalue weighted by atomic mass is 32.1. The van der Waals surface area contributed by atoms with Crippen molar-refractivity contribution in [2.45, 2.75) is 18.9 Å². The average Bonchev–Trinajstić information content (AvgIpc) is 3.25. The second kappa shape index (κ2) is 7.80. The van der Waals surface area contributed by atoms with Crippen LogP contribution in [-0.2, 0) is 4.79 Å². The molecule has 25 heavy (non-hydrogen) atoms. The molecule has 3 rings (SSSR count). The van der Waals surface area contributed by atoms with Crippen LogP contribution in [0.3, 0.4) is 0 Å². The molecule has 1 aromatic heterocycles. The van der Waals surface area contributed by atoms with Gasteiger partial charge in [0.25, 0.3) is 5.91 Å². The van der Waals surface area contributed by atoms with Crippen LogP contribution in [0.2, 0.25) is 0 Å². The quantitative estimate of drug-likeness (QED) is 0.894. The Morgan fingerprint density at radius 3 is 2.64 bits per heavy atom. The lowest BCUT2D eigenvalue weighted by Gasteiger charge is -2.23. The van der Waals surface area contributed by atoms with Crippen molar-refractivity contribution in [2.75, 3.05) is 32.5 Å². The summed E-state index contributed by atoms with van der Waals surface area (Å²) in [5, 5.41) is 7.18. The van der Waals surface area contributed by atoms with Crippen molar-refractivity contribution in [1.29, 1.82) is 0 Å². The number of hydrogen-bond acceptors (Lipinski definition) is 4. The van der Waals surface area contributed by atoms with Gasteiger partial charge in [0.2, 0.25) is 5.91 Å². The Morgan fingerprint density at radius 1 is 1.24 bits per heavy atom. The maximum absolute atomic E-state index is 12.4. The molecular formula is C19H23N3O2S. The molecule has 0 unspecified atom stereocenters. The fourth-order valence-electron chi connectivity index (χ4n) is 3.20. The van der Waals surface area contributed by atoms with E-state index in [-0.39, 0.29) is 11.8 Å². The van der Waals surface area contributed by atoms with E-state index < -0.39 is 0 Å². The zero-order chi connectivity index (χ0) is 17.8. The first kappa shape index (κ1) is 17.6. The number of carbonyl (C=O) groups excluding carboxylic acids is 2. The van der Waals surface area contributed by atoms with E-state index in [1.807, 2.05) is 0 Å². The molecule has 0 aliphatic carbocycles. The minimum atomic E-state index is -0.0476. The highest BCUT2D eigenvalue weighted by molar-refractivity contribution is 7.07. The Hall–Kier alpha value is -2.18. The van der Waals surface area contributed by atoms with Gasteiger partial charge in [-0.2, -0.15) is 11.3 Å². The second-order valence-corrected chi connectivity index (χ2v) is 7.29. The van der Waals surface area contributed by atoms with Crippen molar-refractivity contribution in [3.8, 4) is 0 Å². The van der Waals surface area contributed by atoms with E-state index in [2.05, 4.69) is 27.0 Å². The van der Waals surface area contributed by atoms with Crippen molar-refractivity contribution >= 4 is 28.8 Å². The van der Waals surface area contributed by atoms with Crippen molar-refractivity contribution in [3.05, 3.63) is 52.2 Å². The molecule has 1 aromatic carbocycles. The van der Waals surface area contributed by atoms with Crippen LogP contribution >= 0.6 is 11.3 Å². The number of hydrogen-bond donors (Lipinski definition) is 1. The van der Waals surface area contributed by atoms with E-state index in [0.29, 0.717) is 23.8 Å². The molecule has 1 aliphatic rings. The van der Waals surface area contributed by atoms with E-state index in [1.165, 1.54) is 10.5 Å². The van der Waals surface area contributed by atoms with Crippen LogP contribution < -0.4 is 5.32 Å². The van der Waals surface area contributed by atoms with Crippen LogP contribution in [-0.4, -0.2) is 48.8 Å². The number of nitrogens with zero attached hydrogens (tertiary/aromatic N) is 2. The predicted molar refractivity (Wildman–Crippen MR) is 101 cm³/mol. The summed E-state index contributed by atoms with van der Waals surface area (Å²) >= 11 is 1.70. The van der Waals surface area contributed by atoms with Gasteiger partial charge in [-0.05, 0) is 66.0 Å². The Labute approximate surface area is 152 Å².